The summed E-state index contributed by atoms with van der Waals surface area (Å²) in [6.45, 7) is 5.25. The minimum absolute atomic E-state index is 0.178. The third-order valence-corrected chi connectivity index (χ3v) is 2.63. The molecule has 0 bridgehead atoms. The molecule has 4 heteroatoms. The Labute approximate surface area is 115 Å². The van der Waals surface area contributed by atoms with Gasteiger partial charge in [-0.15, -0.1) is 0 Å². The van der Waals surface area contributed by atoms with Crippen molar-refractivity contribution in [3.63, 3.8) is 0 Å². The van der Waals surface area contributed by atoms with Gasteiger partial charge in [0.2, 0.25) is 0 Å². The van der Waals surface area contributed by atoms with Gasteiger partial charge in [-0.05, 0) is 6.07 Å². The van der Waals surface area contributed by atoms with Crippen LogP contribution in [0, 0.1) is 0 Å². The molecule has 0 fully saturated rings. The molecular weight excluding hydrogens is 240 g/mol. The highest BCUT2D eigenvalue weighted by Crippen LogP contribution is 2.08. The molecule has 106 valence electrons. The van der Waals surface area contributed by atoms with Crippen LogP contribution in [0.5, 0.6) is 0 Å². The average Bonchev–Trinajstić information content (AvgIpc) is 2.46. The molecule has 1 amide bonds. The van der Waals surface area contributed by atoms with E-state index in [1.54, 1.807) is 31.3 Å². The summed E-state index contributed by atoms with van der Waals surface area (Å²) in [4.78, 5) is 24.0. The van der Waals surface area contributed by atoms with E-state index in [1.807, 2.05) is 0 Å². The van der Waals surface area contributed by atoms with Crippen LogP contribution < -0.4 is 5.73 Å². The second-order valence-electron chi connectivity index (χ2n) is 4.22. The monoisotopic (exact) mass is 264 g/mol. The molecule has 0 spiro atoms. The number of carbonyl (C=O) groups excluding carboxylic acids is 2. The largest absolute Gasteiger partial charge is 0.340 e. The number of rotatable bonds is 5. The molecule has 0 saturated carbocycles. The van der Waals surface area contributed by atoms with Crippen molar-refractivity contribution in [3.05, 3.63) is 35.4 Å². The van der Waals surface area contributed by atoms with Crippen molar-refractivity contribution in [1.82, 2.24) is 4.90 Å². The topological polar surface area (TPSA) is 63.4 Å². The number of nitrogens with zero attached hydrogens (tertiary/aromatic N) is 1. The van der Waals surface area contributed by atoms with Crippen molar-refractivity contribution in [2.24, 2.45) is 5.73 Å². The number of aldehydes is 1. The van der Waals surface area contributed by atoms with Crippen LogP contribution in [0.3, 0.4) is 0 Å². The summed E-state index contributed by atoms with van der Waals surface area (Å²) in [6, 6.07) is 6.72. The summed E-state index contributed by atoms with van der Waals surface area (Å²) in [5.74, 6) is -0.178. The summed E-state index contributed by atoms with van der Waals surface area (Å²) >= 11 is 0. The maximum absolute atomic E-state index is 11.8. The van der Waals surface area contributed by atoms with Gasteiger partial charge in [0.1, 0.15) is 0 Å². The first kappa shape index (κ1) is 17.3. The zero-order valence-corrected chi connectivity index (χ0v) is 12.1. The SMILES string of the molecule is CCCC.CN(CCN)C(=O)c1ccccc1C=O. The van der Waals surface area contributed by atoms with Gasteiger partial charge in [-0.1, -0.05) is 44.9 Å². The van der Waals surface area contributed by atoms with E-state index in [0.717, 1.165) is 0 Å². The predicted octanol–water partition coefficient (Wildman–Crippen LogP) is 2.34. The van der Waals surface area contributed by atoms with E-state index in [2.05, 4.69) is 13.8 Å². The molecular formula is C15H24N2O2. The lowest BCUT2D eigenvalue weighted by atomic mass is 10.1. The minimum Gasteiger partial charge on any atom is -0.340 e. The Kier molecular flexibility index (Phi) is 9.35. The lowest BCUT2D eigenvalue weighted by molar-refractivity contribution is 0.0796. The molecule has 0 aliphatic carbocycles. The van der Waals surface area contributed by atoms with Crippen molar-refractivity contribution in [2.75, 3.05) is 20.1 Å². The van der Waals surface area contributed by atoms with Gasteiger partial charge in [-0.2, -0.15) is 0 Å². The summed E-state index contributed by atoms with van der Waals surface area (Å²) in [5, 5.41) is 0. The van der Waals surface area contributed by atoms with Gasteiger partial charge >= 0.3 is 0 Å². The van der Waals surface area contributed by atoms with Crippen LogP contribution in [0.1, 0.15) is 47.4 Å². The van der Waals surface area contributed by atoms with Gasteiger partial charge < -0.3 is 10.6 Å². The van der Waals surface area contributed by atoms with E-state index in [0.29, 0.717) is 30.5 Å². The number of likely N-dealkylation sites (N-methyl/N-ethyl adjacent to an activating group) is 1. The van der Waals surface area contributed by atoms with Crippen LogP contribution in [0.2, 0.25) is 0 Å². The fraction of sp³-hybridized carbons (Fsp3) is 0.467. The molecule has 19 heavy (non-hydrogen) atoms. The highest BCUT2D eigenvalue weighted by Gasteiger charge is 2.13. The Morgan fingerprint density at radius 2 is 1.84 bits per heavy atom. The van der Waals surface area contributed by atoms with Crippen LogP contribution in [-0.4, -0.2) is 37.2 Å². The molecule has 2 N–H and O–H groups in total. The van der Waals surface area contributed by atoms with Crippen molar-refractivity contribution in [1.29, 1.82) is 0 Å². The second kappa shape index (κ2) is 10.3. The van der Waals surface area contributed by atoms with E-state index in [1.165, 1.54) is 17.7 Å². The van der Waals surface area contributed by atoms with Crippen molar-refractivity contribution >= 4 is 12.2 Å². The molecule has 0 unspecified atom stereocenters. The molecule has 0 radical (unpaired) electrons. The highest BCUT2D eigenvalue weighted by atomic mass is 16.2. The molecule has 1 rings (SSSR count). The summed E-state index contributed by atoms with van der Waals surface area (Å²) in [7, 11) is 1.66. The highest BCUT2D eigenvalue weighted by molar-refractivity contribution is 6.01. The first-order valence-electron chi connectivity index (χ1n) is 6.62. The molecule has 0 aliphatic heterocycles. The van der Waals surface area contributed by atoms with Crippen LogP contribution in [0.25, 0.3) is 0 Å². The fourth-order valence-electron chi connectivity index (χ4n) is 1.30. The fourth-order valence-corrected chi connectivity index (χ4v) is 1.30. The van der Waals surface area contributed by atoms with Gasteiger partial charge in [-0.25, -0.2) is 0 Å². The van der Waals surface area contributed by atoms with Crippen LogP contribution in [0.15, 0.2) is 24.3 Å². The number of amides is 1. The second-order valence-corrected chi connectivity index (χ2v) is 4.22. The number of benzene rings is 1. The number of nitrogens with two attached hydrogens (primary N) is 1. The third-order valence-electron chi connectivity index (χ3n) is 2.63. The molecule has 4 nitrogen and oxygen atoms in total. The quantitative estimate of drug-likeness (QED) is 0.830. The Bertz CT molecular complexity index is 389. The Morgan fingerprint density at radius 1 is 1.26 bits per heavy atom. The van der Waals surface area contributed by atoms with Crippen molar-refractivity contribution < 1.29 is 9.59 Å². The smallest absolute Gasteiger partial charge is 0.254 e. The Balaban J connectivity index is 0.000000711. The van der Waals surface area contributed by atoms with E-state index in [-0.39, 0.29) is 5.91 Å². The molecule has 1 aromatic rings. The van der Waals surface area contributed by atoms with Crippen LogP contribution in [0.4, 0.5) is 0 Å². The molecule has 1 aromatic carbocycles. The van der Waals surface area contributed by atoms with Gasteiger partial charge in [0.15, 0.2) is 6.29 Å². The number of unbranched alkanes of at least 4 members (excludes halogenated alkanes) is 1. The molecule has 0 saturated heterocycles. The third kappa shape index (κ3) is 6.15. The van der Waals surface area contributed by atoms with Gasteiger partial charge in [-0.3, -0.25) is 9.59 Å². The number of hydrogen-bond donors (Lipinski definition) is 1. The number of hydrogen-bond acceptors (Lipinski definition) is 3. The number of carbonyl (C=O) groups is 2. The lowest BCUT2D eigenvalue weighted by Gasteiger charge is -2.16. The van der Waals surface area contributed by atoms with Crippen molar-refractivity contribution in [3.8, 4) is 0 Å². The average molecular weight is 264 g/mol. The maximum Gasteiger partial charge on any atom is 0.254 e. The molecule has 0 aromatic heterocycles. The normalized spacial score (nSPS) is 9.26. The van der Waals surface area contributed by atoms with E-state index in [4.69, 9.17) is 5.73 Å². The van der Waals surface area contributed by atoms with Gasteiger partial charge in [0.05, 0.1) is 5.56 Å². The zero-order chi connectivity index (χ0) is 14.7. The summed E-state index contributed by atoms with van der Waals surface area (Å²) < 4.78 is 0. The van der Waals surface area contributed by atoms with Gasteiger partial charge in [0.25, 0.3) is 5.91 Å². The molecule has 0 heterocycles. The minimum atomic E-state index is -0.178. The molecule has 0 aliphatic rings. The first-order chi connectivity index (χ1) is 9.12. The zero-order valence-electron chi connectivity index (χ0n) is 12.1. The van der Waals surface area contributed by atoms with Crippen LogP contribution >= 0.6 is 0 Å². The molecule has 0 atom stereocenters. The van der Waals surface area contributed by atoms with Crippen molar-refractivity contribution in [2.45, 2.75) is 26.7 Å². The maximum atomic E-state index is 11.8. The van der Waals surface area contributed by atoms with E-state index < -0.39 is 0 Å². The lowest BCUT2D eigenvalue weighted by Crippen LogP contribution is -2.32. The van der Waals surface area contributed by atoms with Crippen LogP contribution in [-0.2, 0) is 0 Å². The first-order valence-corrected chi connectivity index (χ1v) is 6.62. The Hall–Kier alpha value is -1.68. The van der Waals surface area contributed by atoms with E-state index >= 15 is 0 Å². The standard InChI is InChI=1S/C11H14N2O2.C4H10/c1-13(7-6-12)11(15)10-5-3-2-4-9(10)8-14;1-3-4-2/h2-5,8H,6-7,12H2,1H3;3-4H2,1-2H3. The summed E-state index contributed by atoms with van der Waals surface area (Å²) in [5.41, 5.74) is 6.18. The predicted molar refractivity (Wildman–Crippen MR) is 78.4 cm³/mol. The summed E-state index contributed by atoms with van der Waals surface area (Å²) in [6.07, 6.45) is 3.32. The van der Waals surface area contributed by atoms with Gasteiger partial charge in [0, 0.05) is 25.7 Å². The Morgan fingerprint density at radius 3 is 2.32 bits per heavy atom. The van der Waals surface area contributed by atoms with E-state index in [9.17, 15) is 9.59 Å².